The van der Waals surface area contributed by atoms with Gasteiger partial charge in [-0.15, -0.1) is 0 Å². The zero-order chi connectivity index (χ0) is 14.6. The van der Waals surface area contributed by atoms with Gasteiger partial charge in [-0.1, -0.05) is 13.8 Å². The first-order valence-electron chi connectivity index (χ1n) is 7.26. The van der Waals surface area contributed by atoms with Gasteiger partial charge in [0.25, 0.3) is 0 Å². The summed E-state index contributed by atoms with van der Waals surface area (Å²) in [6, 6.07) is 3.26. The molecule has 0 amide bonds. The van der Waals surface area contributed by atoms with Crippen molar-refractivity contribution in [2.45, 2.75) is 56.4 Å². The van der Waals surface area contributed by atoms with E-state index < -0.39 is 10.0 Å². The molecule has 2 rings (SSSR count). The van der Waals surface area contributed by atoms with Crippen molar-refractivity contribution in [3.8, 4) is 0 Å². The SMILES string of the molecule is CCCNc1ncccc1S(=O)(=O)NC1(CC)CCC1. The van der Waals surface area contributed by atoms with Crippen molar-refractivity contribution in [3.05, 3.63) is 18.3 Å². The van der Waals surface area contributed by atoms with Gasteiger partial charge < -0.3 is 5.32 Å². The third-order valence-electron chi connectivity index (χ3n) is 3.94. The number of hydrogen-bond donors (Lipinski definition) is 2. The van der Waals surface area contributed by atoms with Crippen LogP contribution in [0.15, 0.2) is 23.2 Å². The van der Waals surface area contributed by atoms with Crippen molar-refractivity contribution in [3.63, 3.8) is 0 Å². The molecule has 0 unspecified atom stereocenters. The quantitative estimate of drug-likeness (QED) is 0.811. The summed E-state index contributed by atoms with van der Waals surface area (Å²) >= 11 is 0. The van der Waals surface area contributed by atoms with Gasteiger partial charge in [0.2, 0.25) is 10.0 Å². The van der Waals surface area contributed by atoms with Gasteiger partial charge in [-0.3, -0.25) is 0 Å². The smallest absolute Gasteiger partial charge is 0.244 e. The maximum atomic E-state index is 12.6. The summed E-state index contributed by atoms with van der Waals surface area (Å²) in [4.78, 5) is 4.40. The minimum absolute atomic E-state index is 0.244. The highest BCUT2D eigenvalue weighted by atomic mass is 32.2. The molecule has 1 aliphatic carbocycles. The van der Waals surface area contributed by atoms with Crippen molar-refractivity contribution >= 4 is 15.8 Å². The van der Waals surface area contributed by atoms with E-state index in [1.807, 2.05) is 13.8 Å². The highest BCUT2D eigenvalue weighted by Gasteiger charge is 2.39. The van der Waals surface area contributed by atoms with Gasteiger partial charge in [-0.25, -0.2) is 18.1 Å². The predicted molar refractivity (Wildman–Crippen MR) is 80.2 cm³/mol. The van der Waals surface area contributed by atoms with Gasteiger partial charge in [0.15, 0.2) is 0 Å². The highest BCUT2D eigenvalue weighted by molar-refractivity contribution is 7.89. The van der Waals surface area contributed by atoms with Crippen LogP contribution in [0, 0.1) is 0 Å². The fraction of sp³-hybridized carbons (Fsp3) is 0.643. The van der Waals surface area contributed by atoms with E-state index in [1.54, 1.807) is 18.3 Å². The number of sulfonamides is 1. The van der Waals surface area contributed by atoms with Crippen LogP contribution in [0.3, 0.4) is 0 Å². The summed E-state index contributed by atoms with van der Waals surface area (Å²) in [6.45, 7) is 4.77. The Hall–Kier alpha value is -1.14. The average molecular weight is 297 g/mol. The molecule has 1 aromatic heterocycles. The van der Waals surface area contributed by atoms with Crippen LogP contribution in [0.25, 0.3) is 0 Å². The molecule has 6 heteroatoms. The lowest BCUT2D eigenvalue weighted by atomic mass is 9.76. The van der Waals surface area contributed by atoms with Gasteiger partial charge in [0.05, 0.1) is 0 Å². The van der Waals surface area contributed by atoms with Gasteiger partial charge in [-0.05, 0) is 44.2 Å². The van der Waals surface area contributed by atoms with Crippen LogP contribution >= 0.6 is 0 Å². The van der Waals surface area contributed by atoms with E-state index in [4.69, 9.17) is 0 Å². The molecule has 0 radical (unpaired) electrons. The fourth-order valence-electron chi connectivity index (χ4n) is 2.45. The standard InChI is InChI=1S/C14H23N3O2S/c1-3-10-15-13-12(7-5-11-16-13)20(18,19)17-14(4-2)8-6-9-14/h5,7,11,17H,3-4,6,8-10H2,1-2H3,(H,15,16). The minimum Gasteiger partial charge on any atom is -0.369 e. The van der Waals surface area contributed by atoms with E-state index in [-0.39, 0.29) is 10.4 Å². The van der Waals surface area contributed by atoms with Crippen LogP contribution in [0.4, 0.5) is 5.82 Å². The molecule has 5 nitrogen and oxygen atoms in total. The molecule has 112 valence electrons. The molecule has 20 heavy (non-hydrogen) atoms. The topological polar surface area (TPSA) is 71.1 Å². The summed E-state index contributed by atoms with van der Waals surface area (Å²) in [7, 11) is -3.53. The number of nitrogens with zero attached hydrogens (tertiary/aromatic N) is 1. The Bertz CT molecular complexity index is 548. The van der Waals surface area contributed by atoms with Crippen LogP contribution in [-0.4, -0.2) is 25.5 Å². The van der Waals surface area contributed by atoms with Crippen LogP contribution in [0.2, 0.25) is 0 Å². The molecule has 0 aromatic carbocycles. The maximum absolute atomic E-state index is 12.6. The normalized spacial score (nSPS) is 17.5. The number of aromatic nitrogens is 1. The molecular formula is C14H23N3O2S. The summed E-state index contributed by atoms with van der Waals surface area (Å²) in [5, 5.41) is 3.08. The average Bonchev–Trinajstić information content (AvgIpc) is 2.41. The van der Waals surface area contributed by atoms with Gasteiger partial charge >= 0.3 is 0 Å². The Kier molecular flexibility index (Phi) is 4.65. The summed E-state index contributed by atoms with van der Waals surface area (Å²) in [6.07, 6.45) is 6.27. The molecule has 0 aliphatic heterocycles. The second-order valence-corrected chi connectivity index (χ2v) is 7.02. The van der Waals surface area contributed by atoms with Crippen molar-refractivity contribution < 1.29 is 8.42 Å². The molecule has 1 fully saturated rings. The van der Waals surface area contributed by atoms with E-state index in [0.29, 0.717) is 12.4 Å². The van der Waals surface area contributed by atoms with E-state index >= 15 is 0 Å². The summed E-state index contributed by atoms with van der Waals surface area (Å²) in [5.41, 5.74) is -0.253. The second kappa shape index (κ2) is 6.10. The van der Waals surface area contributed by atoms with E-state index in [9.17, 15) is 8.42 Å². The number of nitrogens with one attached hydrogen (secondary N) is 2. The van der Waals surface area contributed by atoms with Crippen molar-refractivity contribution in [1.82, 2.24) is 9.71 Å². The van der Waals surface area contributed by atoms with Crippen molar-refractivity contribution in [1.29, 1.82) is 0 Å². The third-order valence-corrected chi connectivity index (χ3v) is 5.55. The Balaban J connectivity index is 2.25. The number of anilines is 1. The molecule has 0 saturated heterocycles. The Morgan fingerprint density at radius 3 is 2.65 bits per heavy atom. The number of pyridine rings is 1. The number of hydrogen-bond acceptors (Lipinski definition) is 4. The largest absolute Gasteiger partial charge is 0.369 e. The lowest BCUT2D eigenvalue weighted by Crippen LogP contribution is -2.52. The Labute approximate surface area is 121 Å². The monoisotopic (exact) mass is 297 g/mol. The fourth-order valence-corrected chi connectivity index (χ4v) is 4.12. The van der Waals surface area contributed by atoms with Crippen molar-refractivity contribution in [2.24, 2.45) is 0 Å². The molecule has 1 heterocycles. The van der Waals surface area contributed by atoms with Crippen LogP contribution in [0.1, 0.15) is 46.0 Å². The summed E-state index contributed by atoms with van der Waals surface area (Å²) < 4.78 is 28.1. The zero-order valence-electron chi connectivity index (χ0n) is 12.1. The molecule has 0 bridgehead atoms. The van der Waals surface area contributed by atoms with Gasteiger partial charge in [-0.2, -0.15) is 0 Å². The molecule has 1 aromatic rings. The summed E-state index contributed by atoms with van der Waals surface area (Å²) in [5.74, 6) is 0.437. The zero-order valence-corrected chi connectivity index (χ0v) is 13.0. The van der Waals surface area contributed by atoms with Crippen LogP contribution in [-0.2, 0) is 10.0 Å². The first-order chi connectivity index (χ1) is 9.53. The Morgan fingerprint density at radius 1 is 1.35 bits per heavy atom. The van der Waals surface area contributed by atoms with E-state index in [0.717, 1.165) is 32.1 Å². The first-order valence-corrected chi connectivity index (χ1v) is 8.74. The molecular weight excluding hydrogens is 274 g/mol. The molecule has 2 N–H and O–H groups in total. The van der Waals surface area contributed by atoms with Gasteiger partial charge in [0, 0.05) is 18.3 Å². The van der Waals surface area contributed by atoms with Crippen molar-refractivity contribution in [2.75, 3.05) is 11.9 Å². The highest BCUT2D eigenvalue weighted by Crippen LogP contribution is 2.36. The maximum Gasteiger partial charge on any atom is 0.244 e. The van der Waals surface area contributed by atoms with E-state index in [1.165, 1.54) is 0 Å². The number of rotatable bonds is 7. The van der Waals surface area contributed by atoms with E-state index in [2.05, 4.69) is 15.0 Å². The molecule has 0 spiro atoms. The second-order valence-electron chi connectivity index (χ2n) is 5.37. The predicted octanol–water partition coefficient (Wildman–Crippen LogP) is 2.51. The van der Waals surface area contributed by atoms with Gasteiger partial charge in [0.1, 0.15) is 10.7 Å². The third kappa shape index (κ3) is 3.12. The Morgan fingerprint density at radius 2 is 2.10 bits per heavy atom. The minimum atomic E-state index is -3.53. The molecule has 1 saturated carbocycles. The van der Waals surface area contributed by atoms with Crippen LogP contribution in [0.5, 0.6) is 0 Å². The van der Waals surface area contributed by atoms with Crippen LogP contribution < -0.4 is 10.0 Å². The first kappa shape index (κ1) is 15.3. The lowest BCUT2D eigenvalue weighted by molar-refractivity contribution is 0.214. The molecule has 1 aliphatic rings. The lowest BCUT2D eigenvalue weighted by Gasteiger charge is -2.41. The molecule has 0 atom stereocenters.